The van der Waals surface area contributed by atoms with Crippen LogP contribution < -0.4 is 24.4 Å². The van der Waals surface area contributed by atoms with Crippen molar-refractivity contribution in [2.24, 2.45) is 5.10 Å². The van der Waals surface area contributed by atoms with E-state index in [1.807, 2.05) is 24.3 Å². The maximum atomic E-state index is 12.4. The number of hydrogen-bond donors (Lipinski definition) is 1. The Labute approximate surface area is 193 Å². The number of furan rings is 1. The van der Waals surface area contributed by atoms with Crippen molar-refractivity contribution in [3.05, 3.63) is 71.2 Å². The van der Waals surface area contributed by atoms with Gasteiger partial charge < -0.3 is 23.4 Å². The lowest BCUT2D eigenvalue weighted by molar-refractivity contribution is 0.0923. The van der Waals surface area contributed by atoms with Crippen LogP contribution in [-0.2, 0) is 13.0 Å². The third-order valence-electron chi connectivity index (χ3n) is 4.83. The zero-order chi connectivity index (χ0) is 23.6. The largest absolute Gasteiger partial charge is 0.493 e. The molecular formula is C25H28N2O6. The van der Waals surface area contributed by atoms with Gasteiger partial charge in [-0.1, -0.05) is 25.5 Å². The van der Waals surface area contributed by atoms with Crippen LogP contribution in [0.2, 0.25) is 0 Å². The average Bonchev–Trinajstić information content (AvgIpc) is 3.32. The van der Waals surface area contributed by atoms with E-state index in [9.17, 15) is 4.79 Å². The molecule has 0 saturated carbocycles. The van der Waals surface area contributed by atoms with Crippen molar-refractivity contribution >= 4 is 12.1 Å². The molecule has 1 N–H and O–H groups in total. The molecule has 0 radical (unpaired) electrons. The van der Waals surface area contributed by atoms with E-state index in [-0.39, 0.29) is 12.4 Å². The minimum absolute atomic E-state index is 0.128. The third kappa shape index (κ3) is 6.06. The number of hydrogen-bond acceptors (Lipinski definition) is 7. The maximum Gasteiger partial charge on any atom is 0.307 e. The van der Waals surface area contributed by atoms with Gasteiger partial charge in [0.15, 0.2) is 17.3 Å². The summed E-state index contributed by atoms with van der Waals surface area (Å²) in [4.78, 5) is 12.4. The highest BCUT2D eigenvalue weighted by Crippen LogP contribution is 2.38. The fourth-order valence-corrected chi connectivity index (χ4v) is 3.21. The van der Waals surface area contributed by atoms with E-state index in [2.05, 4.69) is 17.5 Å². The number of carbonyl (C=O) groups excluding carboxylic acids is 1. The normalized spacial score (nSPS) is 10.8. The lowest BCUT2D eigenvalue weighted by atomic mass is 10.1. The van der Waals surface area contributed by atoms with E-state index in [0.717, 1.165) is 18.6 Å². The highest BCUT2D eigenvalue weighted by molar-refractivity contribution is 5.93. The number of nitrogens with zero attached hydrogens (tertiary/aromatic N) is 1. The van der Waals surface area contributed by atoms with Crippen molar-refractivity contribution in [1.82, 2.24) is 5.43 Å². The summed E-state index contributed by atoms with van der Waals surface area (Å²) in [5.74, 6) is 2.32. The van der Waals surface area contributed by atoms with E-state index < -0.39 is 5.91 Å². The summed E-state index contributed by atoms with van der Waals surface area (Å²) < 4.78 is 27.3. The summed E-state index contributed by atoms with van der Waals surface area (Å²) >= 11 is 0. The van der Waals surface area contributed by atoms with Crippen molar-refractivity contribution in [2.45, 2.75) is 26.4 Å². The van der Waals surface area contributed by atoms with Crippen LogP contribution in [0.1, 0.15) is 40.8 Å². The molecule has 0 aliphatic heterocycles. The molecule has 1 heterocycles. The zero-order valence-corrected chi connectivity index (χ0v) is 19.2. The molecule has 8 nitrogen and oxygen atoms in total. The molecule has 0 bridgehead atoms. The Morgan fingerprint density at radius 2 is 1.73 bits per heavy atom. The molecular weight excluding hydrogens is 424 g/mol. The van der Waals surface area contributed by atoms with Gasteiger partial charge in [-0.25, -0.2) is 5.43 Å². The number of amides is 1. The Morgan fingerprint density at radius 1 is 0.970 bits per heavy atom. The van der Waals surface area contributed by atoms with Crippen molar-refractivity contribution in [3.63, 3.8) is 0 Å². The second-order valence-corrected chi connectivity index (χ2v) is 7.07. The molecule has 8 heteroatoms. The van der Waals surface area contributed by atoms with Gasteiger partial charge in [0.05, 0.1) is 27.5 Å². The molecule has 0 spiro atoms. The molecule has 0 aliphatic rings. The first-order valence-corrected chi connectivity index (χ1v) is 10.5. The number of rotatable bonds is 11. The Bertz CT molecular complexity index is 1090. The minimum atomic E-state index is -0.485. The Kier molecular flexibility index (Phi) is 8.35. The number of nitrogens with one attached hydrogen (secondary N) is 1. The Hall–Kier alpha value is -3.94. The topological polar surface area (TPSA) is 91.5 Å². The van der Waals surface area contributed by atoms with Gasteiger partial charge >= 0.3 is 5.91 Å². The molecule has 0 atom stereocenters. The number of methoxy groups -OCH3 is 3. The van der Waals surface area contributed by atoms with E-state index in [1.165, 1.54) is 33.1 Å². The van der Waals surface area contributed by atoms with Crippen LogP contribution in [0.3, 0.4) is 0 Å². The van der Waals surface area contributed by atoms with Crippen molar-refractivity contribution in [3.8, 4) is 23.0 Å². The van der Waals surface area contributed by atoms with Crippen LogP contribution in [-0.4, -0.2) is 33.5 Å². The smallest absolute Gasteiger partial charge is 0.307 e. The first-order chi connectivity index (χ1) is 16.1. The van der Waals surface area contributed by atoms with E-state index in [1.54, 1.807) is 24.3 Å². The van der Waals surface area contributed by atoms with E-state index >= 15 is 0 Å². The minimum Gasteiger partial charge on any atom is -0.493 e. The summed E-state index contributed by atoms with van der Waals surface area (Å²) in [6.07, 6.45) is 3.59. The quantitative estimate of drug-likeness (QED) is 0.338. The van der Waals surface area contributed by atoms with E-state index in [0.29, 0.717) is 28.6 Å². The molecule has 3 aromatic rings. The molecule has 1 amide bonds. The fraction of sp³-hybridized carbons (Fsp3) is 0.280. The summed E-state index contributed by atoms with van der Waals surface area (Å²) in [7, 11) is 4.57. The molecule has 2 aromatic carbocycles. The Balaban J connectivity index is 1.58. The third-order valence-corrected chi connectivity index (χ3v) is 4.83. The SMILES string of the molecule is CCCc1ccc(OCc2ccc(C(=O)N/N=C/c3ccc(OC)c(OC)c3OC)o2)cc1. The number of benzene rings is 2. The highest BCUT2D eigenvalue weighted by atomic mass is 16.5. The molecule has 1 aromatic heterocycles. The lowest BCUT2D eigenvalue weighted by Gasteiger charge is -2.13. The molecule has 0 saturated heterocycles. The van der Waals surface area contributed by atoms with Crippen molar-refractivity contribution < 1.29 is 28.2 Å². The van der Waals surface area contributed by atoms with Gasteiger partial charge in [-0.15, -0.1) is 0 Å². The molecule has 174 valence electrons. The first-order valence-electron chi connectivity index (χ1n) is 10.5. The second-order valence-electron chi connectivity index (χ2n) is 7.07. The monoisotopic (exact) mass is 452 g/mol. The van der Waals surface area contributed by atoms with Gasteiger partial charge in [0.2, 0.25) is 5.75 Å². The average molecular weight is 453 g/mol. The molecule has 0 aliphatic carbocycles. The predicted molar refractivity (Wildman–Crippen MR) is 125 cm³/mol. The van der Waals surface area contributed by atoms with Crippen molar-refractivity contribution in [1.29, 1.82) is 0 Å². The van der Waals surface area contributed by atoms with Gasteiger partial charge in [0.25, 0.3) is 0 Å². The van der Waals surface area contributed by atoms with Gasteiger partial charge in [-0.3, -0.25) is 4.79 Å². The van der Waals surface area contributed by atoms with Crippen LogP contribution in [0, 0.1) is 0 Å². The molecule has 33 heavy (non-hydrogen) atoms. The van der Waals surface area contributed by atoms with Gasteiger partial charge in [0.1, 0.15) is 18.1 Å². The van der Waals surface area contributed by atoms with E-state index in [4.69, 9.17) is 23.4 Å². The standard InChI is InChI=1S/C25H28N2O6/c1-5-6-17-7-10-19(11-8-17)32-16-20-12-14-22(33-20)25(28)27-26-15-18-9-13-21(29-2)24(31-4)23(18)30-3/h7-15H,5-6,16H2,1-4H3,(H,27,28)/b26-15+. The summed E-state index contributed by atoms with van der Waals surface area (Å²) in [5, 5.41) is 3.99. The highest BCUT2D eigenvalue weighted by Gasteiger charge is 2.15. The van der Waals surface area contributed by atoms with Gasteiger partial charge in [0, 0.05) is 5.56 Å². The van der Waals surface area contributed by atoms with Crippen molar-refractivity contribution in [2.75, 3.05) is 21.3 Å². The van der Waals surface area contributed by atoms with Gasteiger partial charge in [-0.05, 0) is 48.4 Å². The van der Waals surface area contributed by atoms with Crippen LogP contribution in [0.4, 0.5) is 0 Å². The number of carbonyl (C=O) groups is 1. The predicted octanol–water partition coefficient (Wildman–Crippen LogP) is 4.60. The molecule has 3 rings (SSSR count). The number of ether oxygens (including phenoxy) is 4. The van der Waals surface area contributed by atoms with Crippen LogP contribution in [0.15, 0.2) is 58.0 Å². The van der Waals surface area contributed by atoms with Gasteiger partial charge in [-0.2, -0.15) is 5.10 Å². The first kappa shape index (κ1) is 23.7. The summed E-state index contributed by atoms with van der Waals surface area (Å²) in [5.41, 5.74) is 4.32. The van der Waals surface area contributed by atoms with Crippen LogP contribution in [0.25, 0.3) is 0 Å². The Morgan fingerprint density at radius 3 is 2.39 bits per heavy atom. The number of aryl methyl sites for hydroxylation is 1. The van der Waals surface area contributed by atoms with Crippen LogP contribution >= 0.6 is 0 Å². The fourth-order valence-electron chi connectivity index (χ4n) is 3.21. The number of hydrazone groups is 1. The lowest BCUT2D eigenvalue weighted by Crippen LogP contribution is -2.16. The molecule has 0 unspecified atom stereocenters. The summed E-state index contributed by atoms with van der Waals surface area (Å²) in [6.45, 7) is 2.36. The second kappa shape index (κ2) is 11.6. The summed E-state index contributed by atoms with van der Waals surface area (Å²) in [6, 6.07) is 14.7. The molecule has 0 fully saturated rings. The van der Waals surface area contributed by atoms with Crippen LogP contribution in [0.5, 0.6) is 23.0 Å². The maximum absolute atomic E-state index is 12.4. The zero-order valence-electron chi connectivity index (χ0n) is 19.2.